The second kappa shape index (κ2) is 17.6. The van der Waals surface area contributed by atoms with Gasteiger partial charge in [0.2, 0.25) is 0 Å². The van der Waals surface area contributed by atoms with Crippen molar-refractivity contribution in [3.05, 3.63) is 0 Å². The first kappa shape index (κ1) is 20.5. The molecule has 3 heteroatoms. The van der Waals surface area contributed by atoms with Crippen molar-refractivity contribution in [1.29, 1.82) is 0 Å². The fourth-order valence-electron chi connectivity index (χ4n) is 2.03. The third-order valence-electron chi connectivity index (χ3n) is 3.28. The molecule has 0 unspecified atom stereocenters. The van der Waals surface area contributed by atoms with Crippen molar-refractivity contribution in [1.82, 2.24) is 0 Å². The second-order valence-corrected chi connectivity index (χ2v) is 6.09. The zero-order chi connectivity index (χ0) is 15.6. The van der Waals surface area contributed by atoms with Crippen LogP contribution in [0.4, 0.5) is 0 Å². The maximum Gasteiger partial charge on any atom is 0.305 e. The van der Waals surface area contributed by atoms with E-state index in [0.717, 1.165) is 50.3 Å². The average Bonchev–Trinajstić information content (AvgIpc) is 2.49. The van der Waals surface area contributed by atoms with Crippen molar-refractivity contribution < 1.29 is 9.53 Å². The monoisotopic (exact) mass is 358 g/mol. The molecule has 0 amide bonds. The van der Waals surface area contributed by atoms with E-state index in [4.69, 9.17) is 4.74 Å². The lowest BCUT2D eigenvalue weighted by Gasteiger charge is -2.04. The van der Waals surface area contributed by atoms with Crippen LogP contribution in [0.1, 0.15) is 84.0 Å². The van der Waals surface area contributed by atoms with Crippen molar-refractivity contribution in [2.45, 2.75) is 84.0 Å². The Morgan fingerprint density at radius 3 is 2.29 bits per heavy atom. The van der Waals surface area contributed by atoms with Gasteiger partial charge in [0.05, 0.1) is 6.61 Å². The highest BCUT2D eigenvalue weighted by Crippen LogP contribution is 2.08. The lowest BCUT2D eigenvalue weighted by atomic mass is 10.1. The Balaban J connectivity index is 3.16. The average molecular weight is 359 g/mol. The number of hydrogen-bond donors (Lipinski definition) is 0. The minimum Gasteiger partial charge on any atom is -0.466 e. The molecule has 0 atom stereocenters. The van der Waals surface area contributed by atoms with Gasteiger partial charge < -0.3 is 4.74 Å². The van der Waals surface area contributed by atoms with E-state index in [1.54, 1.807) is 0 Å². The summed E-state index contributed by atoms with van der Waals surface area (Å²) >= 11 is 3.39. The number of carbonyl (C=O) groups excluding carboxylic acids is 1. The third-order valence-corrected chi connectivity index (χ3v) is 3.84. The molecule has 21 heavy (non-hydrogen) atoms. The van der Waals surface area contributed by atoms with Crippen LogP contribution in [-0.4, -0.2) is 17.9 Å². The van der Waals surface area contributed by atoms with Gasteiger partial charge in [-0.3, -0.25) is 4.79 Å². The number of esters is 1. The van der Waals surface area contributed by atoms with E-state index in [1.165, 1.54) is 25.7 Å². The third kappa shape index (κ3) is 17.5. The Bertz CT molecular complexity index is 291. The standard InChI is InChI=1S/C18H31BrO2/c1-2-3-4-5-6-7-8-9-10-14-17-21-18(20)15-12-11-13-16-19/h2,5-17H2,1H3. The highest BCUT2D eigenvalue weighted by Gasteiger charge is 2.01. The van der Waals surface area contributed by atoms with E-state index in [1.807, 2.05) is 0 Å². The van der Waals surface area contributed by atoms with Gasteiger partial charge >= 0.3 is 5.97 Å². The molecule has 0 N–H and O–H groups in total. The fourth-order valence-corrected chi connectivity index (χ4v) is 2.43. The number of halogens is 1. The smallest absolute Gasteiger partial charge is 0.305 e. The van der Waals surface area contributed by atoms with Gasteiger partial charge in [-0.25, -0.2) is 0 Å². The maximum atomic E-state index is 11.4. The van der Waals surface area contributed by atoms with Crippen LogP contribution in [0.5, 0.6) is 0 Å². The molecule has 0 bridgehead atoms. The normalized spacial score (nSPS) is 10.0. The summed E-state index contributed by atoms with van der Waals surface area (Å²) in [7, 11) is 0. The Kier molecular flexibility index (Phi) is 17.2. The lowest BCUT2D eigenvalue weighted by Crippen LogP contribution is -2.05. The van der Waals surface area contributed by atoms with Crippen molar-refractivity contribution in [3.8, 4) is 11.8 Å². The zero-order valence-corrected chi connectivity index (χ0v) is 15.2. The highest BCUT2D eigenvalue weighted by atomic mass is 79.9. The van der Waals surface area contributed by atoms with Gasteiger partial charge in [0.1, 0.15) is 0 Å². The lowest BCUT2D eigenvalue weighted by molar-refractivity contribution is -0.143. The Morgan fingerprint density at radius 2 is 1.57 bits per heavy atom. The second-order valence-electron chi connectivity index (χ2n) is 5.30. The van der Waals surface area contributed by atoms with Gasteiger partial charge in [-0.05, 0) is 25.7 Å². The van der Waals surface area contributed by atoms with Crippen LogP contribution in [0.3, 0.4) is 0 Å². The predicted molar refractivity (Wildman–Crippen MR) is 93.6 cm³/mol. The molecule has 0 aromatic rings. The van der Waals surface area contributed by atoms with Crippen molar-refractivity contribution >= 4 is 21.9 Å². The number of hydrogen-bond acceptors (Lipinski definition) is 2. The highest BCUT2D eigenvalue weighted by molar-refractivity contribution is 9.09. The van der Waals surface area contributed by atoms with E-state index in [2.05, 4.69) is 34.7 Å². The molecular weight excluding hydrogens is 328 g/mol. The van der Waals surface area contributed by atoms with E-state index in [-0.39, 0.29) is 5.97 Å². The van der Waals surface area contributed by atoms with Gasteiger partial charge in [0.15, 0.2) is 0 Å². The van der Waals surface area contributed by atoms with Crippen LogP contribution in [0.25, 0.3) is 0 Å². The van der Waals surface area contributed by atoms with Crippen molar-refractivity contribution in [2.75, 3.05) is 11.9 Å². The molecule has 0 aromatic carbocycles. The molecule has 0 rings (SSSR count). The molecule has 0 aliphatic heterocycles. The van der Waals surface area contributed by atoms with Gasteiger partial charge in [0.25, 0.3) is 0 Å². The first-order valence-corrected chi connectivity index (χ1v) is 9.60. The van der Waals surface area contributed by atoms with Crippen molar-refractivity contribution in [3.63, 3.8) is 0 Å². The molecule has 122 valence electrons. The summed E-state index contributed by atoms with van der Waals surface area (Å²) in [5.41, 5.74) is 0. The Labute approximate surface area is 139 Å². The summed E-state index contributed by atoms with van der Waals surface area (Å²) in [6.07, 6.45) is 12.9. The van der Waals surface area contributed by atoms with Crippen LogP contribution in [0.2, 0.25) is 0 Å². The van der Waals surface area contributed by atoms with Gasteiger partial charge in [-0.2, -0.15) is 0 Å². The maximum absolute atomic E-state index is 11.4. The van der Waals surface area contributed by atoms with E-state index < -0.39 is 0 Å². The van der Waals surface area contributed by atoms with Crippen LogP contribution < -0.4 is 0 Å². The fraction of sp³-hybridized carbons (Fsp3) is 0.833. The number of ether oxygens (including phenoxy) is 1. The summed E-state index contributed by atoms with van der Waals surface area (Å²) < 4.78 is 5.23. The summed E-state index contributed by atoms with van der Waals surface area (Å²) in [5.74, 6) is 6.24. The van der Waals surface area contributed by atoms with Crippen LogP contribution in [0, 0.1) is 11.8 Å². The summed E-state index contributed by atoms with van der Waals surface area (Å²) in [4.78, 5) is 11.4. The first-order valence-electron chi connectivity index (χ1n) is 8.48. The van der Waals surface area contributed by atoms with Gasteiger partial charge in [-0.1, -0.05) is 55.0 Å². The number of carbonyl (C=O) groups is 1. The molecule has 0 spiro atoms. The van der Waals surface area contributed by atoms with E-state index in [0.29, 0.717) is 13.0 Å². The molecule has 0 saturated heterocycles. The van der Waals surface area contributed by atoms with Crippen LogP contribution in [0.15, 0.2) is 0 Å². The van der Waals surface area contributed by atoms with Crippen LogP contribution in [-0.2, 0) is 9.53 Å². The minimum absolute atomic E-state index is 0.0286. The number of alkyl halides is 1. The van der Waals surface area contributed by atoms with Crippen LogP contribution >= 0.6 is 15.9 Å². The molecule has 0 aliphatic rings. The molecular formula is C18H31BrO2. The summed E-state index contributed by atoms with van der Waals surface area (Å²) in [6.45, 7) is 2.68. The molecule has 0 radical (unpaired) electrons. The SMILES string of the molecule is CCC#CCCCCCCCCOC(=O)CCCCCBr. The number of rotatable bonds is 13. The molecule has 2 nitrogen and oxygen atoms in total. The summed E-state index contributed by atoms with van der Waals surface area (Å²) in [6, 6.07) is 0. The van der Waals surface area contributed by atoms with E-state index >= 15 is 0 Å². The molecule has 0 aliphatic carbocycles. The topological polar surface area (TPSA) is 26.3 Å². The van der Waals surface area contributed by atoms with Gasteiger partial charge in [-0.15, -0.1) is 11.8 Å². The largest absolute Gasteiger partial charge is 0.466 e. The number of unbranched alkanes of at least 4 members (excludes halogenated alkanes) is 8. The Morgan fingerprint density at radius 1 is 0.905 bits per heavy atom. The van der Waals surface area contributed by atoms with Crippen molar-refractivity contribution in [2.24, 2.45) is 0 Å². The Hall–Kier alpha value is -0.490. The minimum atomic E-state index is -0.0286. The molecule has 0 fully saturated rings. The predicted octanol–water partition coefficient (Wildman–Crippen LogP) is 5.63. The van der Waals surface area contributed by atoms with E-state index in [9.17, 15) is 4.79 Å². The quantitative estimate of drug-likeness (QED) is 0.184. The summed E-state index contributed by atoms with van der Waals surface area (Å²) in [5, 5.41) is 1.02. The zero-order valence-electron chi connectivity index (χ0n) is 13.6. The molecule has 0 aromatic heterocycles. The molecule has 0 saturated carbocycles. The van der Waals surface area contributed by atoms with Gasteiger partial charge in [0, 0.05) is 24.6 Å². The molecule has 0 heterocycles. The first-order chi connectivity index (χ1) is 10.3.